The molecule has 1 fully saturated rings. The number of aromatic nitrogens is 1. The molecule has 2 heterocycles. The van der Waals surface area contributed by atoms with E-state index in [-0.39, 0.29) is 5.91 Å². The van der Waals surface area contributed by atoms with Crippen molar-refractivity contribution in [3.8, 4) is 0 Å². The number of nitrogens with zero attached hydrogens (tertiary/aromatic N) is 3. The summed E-state index contributed by atoms with van der Waals surface area (Å²) in [7, 11) is 0. The first-order valence-corrected chi connectivity index (χ1v) is 9.49. The van der Waals surface area contributed by atoms with Crippen LogP contribution in [-0.2, 0) is 11.3 Å². The van der Waals surface area contributed by atoms with E-state index in [4.69, 9.17) is 11.6 Å². The van der Waals surface area contributed by atoms with Gasteiger partial charge in [0.25, 0.3) is 0 Å². The lowest BCUT2D eigenvalue weighted by Crippen LogP contribution is -2.46. The van der Waals surface area contributed by atoms with Crippen molar-refractivity contribution >= 4 is 28.4 Å². The van der Waals surface area contributed by atoms with Gasteiger partial charge in [-0.1, -0.05) is 24.6 Å². The summed E-state index contributed by atoms with van der Waals surface area (Å²) in [6.07, 6.45) is 2.93. The molecule has 136 valence electrons. The number of rotatable bonds is 7. The first-order chi connectivity index (χ1) is 12.2. The quantitative estimate of drug-likeness (QED) is 0.769. The van der Waals surface area contributed by atoms with Crippen LogP contribution in [0.1, 0.15) is 13.3 Å². The summed E-state index contributed by atoms with van der Waals surface area (Å²) in [6, 6.07) is 7.76. The largest absolute Gasteiger partial charge is 0.355 e. The van der Waals surface area contributed by atoms with Gasteiger partial charge in [0.15, 0.2) is 0 Å². The predicted molar refractivity (Wildman–Crippen MR) is 103 cm³/mol. The lowest BCUT2D eigenvalue weighted by Gasteiger charge is -2.33. The van der Waals surface area contributed by atoms with Crippen LogP contribution in [0.2, 0.25) is 5.02 Å². The average Bonchev–Trinajstić information content (AvgIpc) is 3.01. The number of fused-ring (bicyclic) bond motifs is 1. The summed E-state index contributed by atoms with van der Waals surface area (Å²) in [5, 5.41) is 4.82. The summed E-state index contributed by atoms with van der Waals surface area (Å²) >= 11 is 6.06. The van der Waals surface area contributed by atoms with Gasteiger partial charge in [-0.05, 0) is 43.1 Å². The number of hydrogen-bond donors (Lipinski definition) is 1. The minimum absolute atomic E-state index is 0.0493. The highest BCUT2D eigenvalue weighted by atomic mass is 35.5. The number of piperazine rings is 1. The van der Waals surface area contributed by atoms with Gasteiger partial charge in [-0.3, -0.25) is 4.79 Å². The number of likely N-dealkylation sites (N-methyl/N-ethyl adjacent to an activating group) is 1. The van der Waals surface area contributed by atoms with Crippen molar-refractivity contribution in [2.75, 3.05) is 45.8 Å². The number of nitrogens with one attached hydrogen (secondary N) is 1. The van der Waals surface area contributed by atoms with Crippen LogP contribution in [-0.4, -0.2) is 66.1 Å². The number of hydrogen-bond acceptors (Lipinski definition) is 3. The van der Waals surface area contributed by atoms with Gasteiger partial charge in [0, 0.05) is 49.5 Å². The van der Waals surface area contributed by atoms with E-state index in [0.29, 0.717) is 11.6 Å². The maximum absolute atomic E-state index is 12.2. The average molecular weight is 363 g/mol. The van der Waals surface area contributed by atoms with E-state index >= 15 is 0 Å². The molecule has 0 bridgehead atoms. The molecule has 25 heavy (non-hydrogen) atoms. The molecule has 0 unspecified atom stereocenters. The minimum Gasteiger partial charge on any atom is -0.355 e. The predicted octanol–water partition coefficient (Wildman–Crippen LogP) is 2.44. The molecule has 1 saturated heterocycles. The van der Waals surface area contributed by atoms with E-state index in [2.05, 4.69) is 22.0 Å². The molecule has 3 rings (SSSR count). The number of carbonyl (C=O) groups excluding carboxylic acids is 1. The molecular weight excluding hydrogens is 336 g/mol. The second kappa shape index (κ2) is 8.70. The summed E-state index contributed by atoms with van der Waals surface area (Å²) in [6.45, 7) is 10.1. The van der Waals surface area contributed by atoms with Crippen LogP contribution in [0.15, 0.2) is 30.5 Å². The number of halogens is 1. The first-order valence-electron chi connectivity index (χ1n) is 9.11. The Morgan fingerprint density at radius 2 is 1.92 bits per heavy atom. The van der Waals surface area contributed by atoms with Gasteiger partial charge in [0.2, 0.25) is 5.91 Å². The molecule has 0 saturated carbocycles. The molecular formula is C19H27ClN4O. The van der Waals surface area contributed by atoms with Gasteiger partial charge < -0.3 is 19.7 Å². The van der Waals surface area contributed by atoms with Crippen LogP contribution in [0.5, 0.6) is 0 Å². The molecule has 0 radical (unpaired) electrons. The van der Waals surface area contributed by atoms with Gasteiger partial charge in [-0.2, -0.15) is 0 Å². The fourth-order valence-corrected chi connectivity index (χ4v) is 3.53. The van der Waals surface area contributed by atoms with Crippen LogP contribution in [0.4, 0.5) is 0 Å². The highest BCUT2D eigenvalue weighted by Gasteiger charge is 2.14. The van der Waals surface area contributed by atoms with Gasteiger partial charge in [0.05, 0.1) is 0 Å². The minimum atomic E-state index is 0.0493. The van der Waals surface area contributed by atoms with Crippen LogP contribution in [0.25, 0.3) is 10.9 Å². The van der Waals surface area contributed by atoms with Crippen LogP contribution < -0.4 is 5.32 Å². The number of amides is 1. The van der Waals surface area contributed by atoms with Gasteiger partial charge >= 0.3 is 0 Å². The Bertz CT molecular complexity index is 707. The zero-order valence-electron chi connectivity index (χ0n) is 14.9. The molecule has 0 aliphatic carbocycles. The smallest absolute Gasteiger partial charge is 0.239 e. The normalized spacial score (nSPS) is 16.4. The van der Waals surface area contributed by atoms with E-state index in [9.17, 15) is 4.79 Å². The molecule has 0 spiro atoms. The van der Waals surface area contributed by atoms with Crippen LogP contribution >= 0.6 is 11.6 Å². The SMILES string of the molecule is CCN1CCN(CCCNC(=O)Cn2ccc3ccc(Cl)cc32)CC1. The van der Waals surface area contributed by atoms with E-state index in [1.807, 2.05) is 35.0 Å². The third-order valence-electron chi connectivity index (χ3n) is 4.94. The summed E-state index contributed by atoms with van der Waals surface area (Å²) < 4.78 is 1.94. The van der Waals surface area contributed by atoms with E-state index < -0.39 is 0 Å². The Morgan fingerprint density at radius 1 is 1.16 bits per heavy atom. The van der Waals surface area contributed by atoms with Crippen LogP contribution in [0.3, 0.4) is 0 Å². The Labute approximate surface area is 154 Å². The van der Waals surface area contributed by atoms with E-state index in [0.717, 1.165) is 63.1 Å². The van der Waals surface area contributed by atoms with Crippen molar-refractivity contribution in [3.63, 3.8) is 0 Å². The van der Waals surface area contributed by atoms with Crippen molar-refractivity contribution in [1.29, 1.82) is 0 Å². The van der Waals surface area contributed by atoms with E-state index in [1.54, 1.807) is 0 Å². The third kappa shape index (κ3) is 4.97. The molecule has 1 aromatic carbocycles. The van der Waals surface area contributed by atoms with Crippen molar-refractivity contribution in [3.05, 3.63) is 35.5 Å². The molecule has 6 heteroatoms. The molecule has 2 aromatic rings. The molecule has 1 N–H and O–H groups in total. The van der Waals surface area contributed by atoms with E-state index in [1.165, 1.54) is 0 Å². The monoisotopic (exact) mass is 362 g/mol. The molecule has 5 nitrogen and oxygen atoms in total. The summed E-state index contributed by atoms with van der Waals surface area (Å²) in [5.74, 6) is 0.0493. The van der Waals surface area contributed by atoms with Crippen molar-refractivity contribution in [2.45, 2.75) is 19.9 Å². The maximum Gasteiger partial charge on any atom is 0.239 e. The Balaban J connectivity index is 1.39. The lowest BCUT2D eigenvalue weighted by molar-refractivity contribution is -0.121. The molecule has 1 amide bonds. The van der Waals surface area contributed by atoms with Gasteiger partial charge in [-0.15, -0.1) is 0 Å². The van der Waals surface area contributed by atoms with Gasteiger partial charge in [-0.25, -0.2) is 0 Å². The van der Waals surface area contributed by atoms with Crippen molar-refractivity contribution < 1.29 is 4.79 Å². The van der Waals surface area contributed by atoms with Crippen LogP contribution in [0, 0.1) is 0 Å². The maximum atomic E-state index is 12.2. The highest BCUT2D eigenvalue weighted by Crippen LogP contribution is 2.20. The Morgan fingerprint density at radius 3 is 2.68 bits per heavy atom. The fourth-order valence-electron chi connectivity index (χ4n) is 3.37. The topological polar surface area (TPSA) is 40.5 Å². The van der Waals surface area contributed by atoms with Crippen molar-refractivity contribution in [1.82, 2.24) is 19.7 Å². The first kappa shape index (κ1) is 18.2. The standard InChI is InChI=1S/C19H27ClN4O/c1-2-22-10-12-23(13-11-22)8-3-7-21-19(25)15-24-9-6-16-4-5-17(20)14-18(16)24/h4-6,9,14H,2-3,7-8,10-13,15H2,1H3,(H,21,25). The highest BCUT2D eigenvalue weighted by molar-refractivity contribution is 6.31. The number of carbonyl (C=O) groups is 1. The summed E-state index contributed by atoms with van der Waals surface area (Å²) in [5.41, 5.74) is 0.997. The summed E-state index contributed by atoms with van der Waals surface area (Å²) in [4.78, 5) is 17.2. The Kier molecular flexibility index (Phi) is 6.34. The molecule has 1 aliphatic heterocycles. The fraction of sp³-hybridized carbons (Fsp3) is 0.526. The molecule has 1 aromatic heterocycles. The zero-order valence-corrected chi connectivity index (χ0v) is 15.6. The number of benzene rings is 1. The zero-order chi connectivity index (χ0) is 17.6. The molecule has 0 atom stereocenters. The lowest BCUT2D eigenvalue weighted by atomic mass is 10.2. The third-order valence-corrected chi connectivity index (χ3v) is 5.17. The second-order valence-corrected chi connectivity index (χ2v) is 7.06. The molecule has 1 aliphatic rings. The van der Waals surface area contributed by atoms with Gasteiger partial charge in [0.1, 0.15) is 6.54 Å². The van der Waals surface area contributed by atoms with Crippen molar-refractivity contribution in [2.24, 2.45) is 0 Å². The second-order valence-electron chi connectivity index (χ2n) is 6.63. The Hall–Kier alpha value is -1.56.